The first-order chi connectivity index (χ1) is 5.74. The summed E-state index contributed by atoms with van der Waals surface area (Å²) >= 11 is 0. The second kappa shape index (κ2) is 8.74. The van der Waals surface area contributed by atoms with Crippen molar-refractivity contribution in [3.63, 3.8) is 0 Å². The van der Waals surface area contributed by atoms with Crippen molar-refractivity contribution in [2.75, 3.05) is 26.2 Å². The molecule has 0 bridgehead atoms. The van der Waals surface area contributed by atoms with Crippen molar-refractivity contribution in [1.82, 2.24) is 4.90 Å². The summed E-state index contributed by atoms with van der Waals surface area (Å²) in [6.07, 6.45) is 2.11. The summed E-state index contributed by atoms with van der Waals surface area (Å²) in [5, 5.41) is 9.35. The summed E-state index contributed by atoms with van der Waals surface area (Å²) in [5.74, 6) is 0.513. The molecule has 0 spiro atoms. The summed E-state index contributed by atoms with van der Waals surface area (Å²) in [7, 11) is 0. The first kappa shape index (κ1) is 16.9. The van der Waals surface area contributed by atoms with Crippen molar-refractivity contribution in [3.8, 4) is 0 Å². The summed E-state index contributed by atoms with van der Waals surface area (Å²) in [6.45, 7) is 5.86. The predicted molar refractivity (Wildman–Crippen MR) is 64.4 cm³/mol. The van der Waals surface area contributed by atoms with Gasteiger partial charge in [-0.3, -0.25) is 0 Å². The molecule has 3 N–H and O–H groups in total. The number of halogens is 2. The van der Waals surface area contributed by atoms with Crippen molar-refractivity contribution in [3.05, 3.63) is 0 Å². The molecule has 0 aliphatic carbocycles. The average molecular weight is 245 g/mol. The molecule has 1 rings (SSSR count). The molecule has 0 aromatic carbocycles. The topological polar surface area (TPSA) is 49.5 Å². The molecule has 0 saturated carbocycles. The highest BCUT2D eigenvalue weighted by Gasteiger charge is 2.21. The van der Waals surface area contributed by atoms with Crippen LogP contribution in [0.5, 0.6) is 0 Å². The van der Waals surface area contributed by atoms with E-state index >= 15 is 0 Å². The van der Waals surface area contributed by atoms with Crippen LogP contribution in [0.3, 0.4) is 0 Å². The Hall–Kier alpha value is 0.460. The lowest BCUT2D eigenvalue weighted by molar-refractivity contribution is 0.0729. The van der Waals surface area contributed by atoms with Gasteiger partial charge < -0.3 is 15.7 Å². The van der Waals surface area contributed by atoms with Gasteiger partial charge in [-0.2, -0.15) is 0 Å². The van der Waals surface area contributed by atoms with E-state index in [2.05, 4.69) is 4.90 Å². The number of aliphatic hydroxyl groups excluding tert-OH is 1. The number of aliphatic hydroxyl groups is 1. The third-order valence-corrected chi connectivity index (χ3v) is 2.76. The number of hydrogen-bond donors (Lipinski definition) is 2. The van der Waals surface area contributed by atoms with Gasteiger partial charge in [0, 0.05) is 13.1 Å². The van der Waals surface area contributed by atoms with E-state index in [4.69, 9.17) is 5.73 Å². The largest absolute Gasteiger partial charge is 0.393 e. The molecule has 1 aliphatic rings. The standard InChI is InChI=1S/C9H20N2O.2ClH/c1-8(12)9-2-5-11(6-3-9)7-4-10;;/h8-9,12H,2-7,10H2,1H3;2*1H. The van der Waals surface area contributed by atoms with Crippen LogP contribution in [0.25, 0.3) is 0 Å². The molecule has 1 fully saturated rings. The summed E-state index contributed by atoms with van der Waals surface area (Å²) < 4.78 is 0. The lowest BCUT2D eigenvalue weighted by atomic mass is 9.92. The van der Waals surface area contributed by atoms with Gasteiger partial charge in [0.05, 0.1) is 6.10 Å². The fourth-order valence-corrected chi connectivity index (χ4v) is 1.84. The van der Waals surface area contributed by atoms with Gasteiger partial charge in [-0.15, -0.1) is 24.8 Å². The molecule has 5 heteroatoms. The fraction of sp³-hybridized carbons (Fsp3) is 1.00. The maximum atomic E-state index is 9.35. The summed E-state index contributed by atoms with van der Waals surface area (Å²) in [4.78, 5) is 2.37. The van der Waals surface area contributed by atoms with Gasteiger partial charge in [0.1, 0.15) is 0 Å². The van der Waals surface area contributed by atoms with Crippen molar-refractivity contribution in [2.24, 2.45) is 11.7 Å². The molecule has 1 aliphatic heterocycles. The minimum absolute atomic E-state index is 0. The monoisotopic (exact) mass is 244 g/mol. The molecule has 1 heterocycles. The van der Waals surface area contributed by atoms with Gasteiger partial charge in [-0.25, -0.2) is 0 Å². The van der Waals surface area contributed by atoms with Crippen LogP contribution in [-0.4, -0.2) is 42.3 Å². The Morgan fingerprint density at radius 3 is 2.21 bits per heavy atom. The van der Waals surface area contributed by atoms with Crippen LogP contribution in [0.4, 0.5) is 0 Å². The number of piperidine rings is 1. The highest BCUT2D eigenvalue weighted by Crippen LogP contribution is 2.19. The van der Waals surface area contributed by atoms with E-state index in [0.717, 1.165) is 39.0 Å². The van der Waals surface area contributed by atoms with E-state index in [-0.39, 0.29) is 30.9 Å². The number of rotatable bonds is 3. The lowest BCUT2D eigenvalue weighted by Gasteiger charge is -2.32. The van der Waals surface area contributed by atoms with Crippen molar-refractivity contribution >= 4 is 24.8 Å². The third-order valence-electron chi connectivity index (χ3n) is 2.76. The lowest BCUT2D eigenvalue weighted by Crippen LogP contribution is -2.39. The van der Waals surface area contributed by atoms with Gasteiger partial charge in [0.15, 0.2) is 0 Å². The maximum absolute atomic E-state index is 9.35. The van der Waals surface area contributed by atoms with Gasteiger partial charge in [-0.1, -0.05) is 0 Å². The normalized spacial score (nSPS) is 20.8. The van der Waals surface area contributed by atoms with Crippen molar-refractivity contribution in [1.29, 1.82) is 0 Å². The van der Waals surface area contributed by atoms with Crippen LogP contribution >= 0.6 is 24.8 Å². The highest BCUT2D eigenvalue weighted by atomic mass is 35.5. The highest BCUT2D eigenvalue weighted by molar-refractivity contribution is 5.85. The van der Waals surface area contributed by atoms with E-state index in [0.29, 0.717) is 5.92 Å². The third kappa shape index (κ3) is 5.37. The molecular weight excluding hydrogens is 223 g/mol. The van der Waals surface area contributed by atoms with Gasteiger partial charge >= 0.3 is 0 Å². The Morgan fingerprint density at radius 2 is 1.86 bits per heavy atom. The quantitative estimate of drug-likeness (QED) is 0.776. The zero-order valence-electron chi connectivity index (χ0n) is 8.69. The first-order valence-corrected chi connectivity index (χ1v) is 4.84. The van der Waals surface area contributed by atoms with Crippen molar-refractivity contribution < 1.29 is 5.11 Å². The van der Waals surface area contributed by atoms with Crippen molar-refractivity contribution in [2.45, 2.75) is 25.9 Å². The number of nitrogens with zero attached hydrogens (tertiary/aromatic N) is 1. The zero-order chi connectivity index (χ0) is 8.97. The SMILES string of the molecule is CC(O)C1CCN(CCN)CC1.Cl.Cl. The van der Waals surface area contributed by atoms with Crippen LogP contribution in [0.1, 0.15) is 19.8 Å². The molecule has 3 nitrogen and oxygen atoms in total. The molecule has 1 unspecified atom stereocenters. The van der Waals surface area contributed by atoms with E-state index in [1.807, 2.05) is 6.92 Å². The predicted octanol–water partition coefficient (Wildman–Crippen LogP) is 0.881. The Morgan fingerprint density at radius 1 is 1.36 bits per heavy atom. The molecule has 88 valence electrons. The smallest absolute Gasteiger partial charge is 0.0541 e. The molecule has 0 radical (unpaired) electrons. The Kier molecular flexibility index (Phi) is 10.5. The fourth-order valence-electron chi connectivity index (χ4n) is 1.84. The van der Waals surface area contributed by atoms with E-state index in [9.17, 15) is 5.11 Å². The van der Waals surface area contributed by atoms with Gasteiger partial charge in [0.2, 0.25) is 0 Å². The van der Waals surface area contributed by atoms with Crippen LogP contribution in [0.15, 0.2) is 0 Å². The minimum Gasteiger partial charge on any atom is -0.393 e. The Labute approximate surface area is 98.9 Å². The summed E-state index contributed by atoms with van der Waals surface area (Å²) in [6, 6.07) is 0. The maximum Gasteiger partial charge on any atom is 0.0541 e. The van der Waals surface area contributed by atoms with E-state index in [1.165, 1.54) is 0 Å². The first-order valence-electron chi connectivity index (χ1n) is 4.84. The summed E-state index contributed by atoms with van der Waals surface area (Å²) in [5.41, 5.74) is 5.46. The number of likely N-dealkylation sites (tertiary alicyclic amines) is 1. The number of nitrogens with two attached hydrogens (primary N) is 1. The molecule has 1 atom stereocenters. The van der Waals surface area contributed by atoms with E-state index < -0.39 is 0 Å². The van der Waals surface area contributed by atoms with Crippen LogP contribution in [0, 0.1) is 5.92 Å². The zero-order valence-corrected chi connectivity index (χ0v) is 10.3. The molecule has 0 amide bonds. The second-order valence-electron chi connectivity index (χ2n) is 3.71. The van der Waals surface area contributed by atoms with Crippen LogP contribution < -0.4 is 5.73 Å². The van der Waals surface area contributed by atoms with Crippen LogP contribution in [-0.2, 0) is 0 Å². The second-order valence-corrected chi connectivity index (χ2v) is 3.71. The Bertz CT molecular complexity index is 128. The van der Waals surface area contributed by atoms with Gasteiger partial charge in [-0.05, 0) is 38.8 Å². The number of hydrogen-bond acceptors (Lipinski definition) is 3. The molecule has 0 aromatic rings. The molecular formula is C9H22Cl2N2O. The van der Waals surface area contributed by atoms with Gasteiger partial charge in [0.25, 0.3) is 0 Å². The molecule has 0 aromatic heterocycles. The van der Waals surface area contributed by atoms with E-state index in [1.54, 1.807) is 0 Å². The molecule has 14 heavy (non-hydrogen) atoms. The molecule has 1 saturated heterocycles. The van der Waals surface area contributed by atoms with Crippen LogP contribution in [0.2, 0.25) is 0 Å². The average Bonchev–Trinajstić information content (AvgIpc) is 2.06. The Balaban J connectivity index is 0. The minimum atomic E-state index is -0.134.